The lowest BCUT2D eigenvalue weighted by Crippen LogP contribution is -2.52. The Kier molecular flexibility index (Phi) is 4.94. The van der Waals surface area contributed by atoms with E-state index in [0.29, 0.717) is 0 Å². The van der Waals surface area contributed by atoms with Gasteiger partial charge in [0.05, 0.1) is 6.54 Å². The van der Waals surface area contributed by atoms with Gasteiger partial charge in [-0.05, 0) is 20.8 Å². The first kappa shape index (κ1) is 14.8. The van der Waals surface area contributed by atoms with Gasteiger partial charge in [-0.3, -0.25) is 10.00 Å². The number of aromatic nitrogens is 3. The Balaban J connectivity index is 1.81. The smallest absolute Gasteiger partial charge is 0.320 e. The number of hydrogen-bond acceptors (Lipinski definition) is 4. The zero-order chi connectivity index (χ0) is 14.5. The second-order valence-corrected chi connectivity index (χ2v) is 5.06. The predicted octanol–water partition coefficient (Wildman–Crippen LogP) is 0.693. The van der Waals surface area contributed by atoms with Crippen molar-refractivity contribution in [1.82, 2.24) is 29.9 Å². The van der Waals surface area contributed by atoms with E-state index in [1.165, 1.54) is 0 Å². The minimum absolute atomic E-state index is 0.156. The van der Waals surface area contributed by atoms with Crippen LogP contribution in [-0.4, -0.2) is 75.2 Å². The number of H-pyrrole nitrogens is 1. The van der Waals surface area contributed by atoms with Crippen molar-refractivity contribution in [2.75, 3.05) is 39.3 Å². The summed E-state index contributed by atoms with van der Waals surface area (Å²) in [4.78, 5) is 22.6. The minimum Gasteiger partial charge on any atom is -0.325 e. The summed E-state index contributed by atoms with van der Waals surface area (Å²) in [7, 11) is 0. The molecule has 2 rings (SSSR count). The molecular weight excluding hydrogens is 256 g/mol. The van der Waals surface area contributed by atoms with Gasteiger partial charge < -0.3 is 9.80 Å². The molecule has 0 saturated carbocycles. The van der Waals surface area contributed by atoms with Crippen LogP contribution in [0.3, 0.4) is 0 Å². The van der Waals surface area contributed by atoms with Crippen molar-refractivity contribution in [3.05, 3.63) is 11.6 Å². The Morgan fingerprint density at radius 1 is 1.25 bits per heavy atom. The van der Waals surface area contributed by atoms with Gasteiger partial charge >= 0.3 is 6.03 Å². The van der Waals surface area contributed by atoms with Crippen molar-refractivity contribution in [2.24, 2.45) is 0 Å². The van der Waals surface area contributed by atoms with E-state index in [1.807, 2.05) is 30.6 Å². The predicted molar refractivity (Wildman–Crippen MR) is 76.3 cm³/mol. The van der Waals surface area contributed by atoms with E-state index in [0.717, 1.165) is 57.5 Å². The van der Waals surface area contributed by atoms with Crippen molar-refractivity contribution in [3.63, 3.8) is 0 Å². The number of rotatable bonds is 4. The number of hydrogen-bond donors (Lipinski definition) is 1. The molecule has 0 unspecified atom stereocenters. The van der Waals surface area contributed by atoms with Crippen LogP contribution in [0.2, 0.25) is 0 Å². The zero-order valence-corrected chi connectivity index (χ0v) is 12.6. The number of carbonyl (C=O) groups is 1. The summed E-state index contributed by atoms with van der Waals surface area (Å²) in [6.07, 6.45) is 0. The number of amides is 2. The average molecular weight is 280 g/mol. The van der Waals surface area contributed by atoms with E-state index in [9.17, 15) is 4.79 Å². The molecule has 2 heterocycles. The normalized spacial score (nSPS) is 16.4. The standard InChI is InChI=1S/C13H24N6O/c1-4-18(5-2)13(20)19-8-6-17(7-9-19)10-12-14-11(3)15-16-12/h4-10H2,1-3H3,(H,14,15,16). The van der Waals surface area contributed by atoms with Crippen LogP contribution in [0.1, 0.15) is 25.5 Å². The third-order valence-corrected chi connectivity index (χ3v) is 3.69. The Morgan fingerprint density at radius 3 is 2.40 bits per heavy atom. The molecule has 7 heteroatoms. The van der Waals surface area contributed by atoms with Gasteiger partial charge in [0, 0.05) is 39.3 Å². The Morgan fingerprint density at radius 2 is 1.90 bits per heavy atom. The third-order valence-electron chi connectivity index (χ3n) is 3.69. The van der Waals surface area contributed by atoms with E-state index >= 15 is 0 Å². The lowest BCUT2D eigenvalue weighted by atomic mass is 10.3. The number of nitrogens with zero attached hydrogens (tertiary/aromatic N) is 5. The van der Waals surface area contributed by atoms with Crippen LogP contribution in [0.4, 0.5) is 4.79 Å². The summed E-state index contributed by atoms with van der Waals surface area (Å²) in [6, 6.07) is 0.156. The molecule has 1 aromatic heterocycles. The van der Waals surface area contributed by atoms with Crippen molar-refractivity contribution < 1.29 is 4.79 Å². The quantitative estimate of drug-likeness (QED) is 0.881. The van der Waals surface area contributed by atoms with E-state index in [1.54, 1.807) is 0 Å². The summed E-state index contributed by atoms with van der Waals surface area (Å²) in [5, 5.41) is 7.01. The summed E-state index contributed by atoms with van der Waals surface area (Å²) in [6.45, 7) is 11.5. The lowest BCUT2D eigenvalue weighted by molar-refractivity contribution is 0.111. The molecule has 0 atom stereocenters. The fourth-order valence-corrected chi connectivity index (χ4v) is 2.45. The molecule has 0 radical (unpaired) electrons. The van der Waals surface area contributed by atoms with E-state index in [2.05, 4.69) is 20.1 Å². The molecule has 1 fully saturated rings. The maximum atomic E-state index is 12.2. The zero-order valence-electron chi connectivity index (χ0n) is 12.6. The molecule has 1 N–H and O–H groups in total. The molecule has 0 bridgehead atoms. The minimum atomic E-state index is 0.156. The molecular formula is C13H24N6O. The summed E-state index contributed by atoms with van der Waals surface area (Å²) < 4.78 is 0. The van der Waals surface area contributed by atoms with Gasteiger partial charge in [0.2, 0.25) is 0 Å². The highest BCUT2D eigenvalue weighted by atomic mass is 16.2. The largest absolute Gasteiger partial charge is 0.325 e. The first-order valence-electron chi connectivity index (χ1n) is 7.28. The van der Waals surface area contributed by atoms with E-state index in [-0.39, 0.29) is 6.03 Å². The summed E-state index contributed by atoms with van der Waals surface area (Å²) >= 11 is 0. The number of aryl methyl sites for hydroxylation is 1. The number of nitrogens with one attached hydrogen (secondary N) is 1. The number of aromatic amines is 1. The SMILES string of the molecule is CCN(CC)C(=O)N1CCN(Cc2n[nH]c(C)n2)CC1. The van der Waals surface area contributed by atoms with Crippen LogP contribution in [-0.2, 0) is 6.54 Å². The first-order valence-corrected chi connectivity index (χ1v) is 7.28. The highest BCUT2D eigenvalue weighted by molar-refractivity contribution is 5.74. The van der Waals surface area contributed by atoms with Crippen molar-refractivity contribution in [1.29, 1.82) is 0 Å². The molecule has 0 spiro atoms. The molecule has 20 heavy (non-hydrogen) atoms. The Labute approximate surface area is 119 Å². The van der Waals surface area contributed by atoms with Gasteiger partial charge in [0.1, 0.15) is 5.82 Å². The third kappa shape index (κ3) is 3.47. The fraction of sp³-hybridized carbons (Fsp3) is 0.769. The Hall–Kier alpha value is -1.63. The Bertz CT molecular complexity index is 434. The van der Waals surface area contributed by atoms with Crippen LogP contribution < -0.4 is 0 Å². The number of urea groups is 1. The van der Waals surface area contributed by atoms with E-state index in [4.69, 9.17) is 0 Å². The van der Waals surface area contributed by atoms with Gasteiger partial charge in [0.15, 0.2) is 5.82 Å². The van der Waals surface area contributed by atoms with Gasteiger partial charge in [-0.25, -0.2) is 9.78 Å². The van der Waals surface area contributed by atoms with Crippen LogP contribution >= 0.6 is 0 Å². The second kappa shape index (κ2) is 6.69. The van der Waals surface area contributed by atoms with Gasteiger partial charge in [0.25, 0.3) is 0 Å². The average Bonchev–Trinajstić information content (AvgIpc) is 2.86. The maximum Gasteiger partial charge on any atom is 0.320 e. The molecule has 1 aliphatic rings. The molecule has 0 aliphatic carbocycles. The highest BCUT2D eigenvalue weighted by Crippen LogP contribution is 2.08. The van der Waals surface area contributed by atoms with Crippen LogP contribution in [0.5, 0.6) is 0 Å². The molecule has 7 nitrogen and oxygen atoms in total. The number of piperazine rings is 1. The van der Waals surface area contributed by atoms with Gasteiger partial charge in [-0.15, -0.1) is 0 Å². The highest BCUT2D eigenvalue weighted by Gasteiger charge is 2.24. The fourth-order valence-electron chi connectivity index (χ4n) is 2.45. The topological polar surface area (TPSA) is 68.4 Å². The number of carbonyl (C=O) groups excluding carboxylic acids is 1. The van der Waals surface area contributed by atoms with Crippen LogP contribution in [0.15, 0.2) is 0 Å². The summed E-state index contributed by atoms with van der Waals surface area (Å²) in [5.41, 5.74) is 0. The first-order chi connectivity index (χ1) is 9.63. The summed E-state index contributed by atoms with van der Waals surface area (Å²) in [5.74, 6) is 1.67. The van der Waals surface area contributed by atoms with E-state index < -0.39 is 0 Å². The monoisotopic (exact) mass is 280 g/mol. The molecule has 1 saturated heterocycles. The molecule has 112 valence electrons. The van der Waals surface area contributed by atoms with Crippen LogP contribution in [0.25, 0.3) is 0 Å². The lowest BCUT2D eigenvalue weighted by Gasteiger charge is -2.36. The molecule has 1 aromatic rings. The van der Waals surface area contributed by atoms with Gasteiger partial charge in [-0.2, -0.15) is 5.10 Å². The van der Waals surface area contributed by atoms with Crippen LogP contribution in [0, 0.1) is 6.92 Å². The maximum absolute atomic E-state index is 12.2. The molecule has 0 aromatic carbocycles. The second-order valence-electron chi connectivity index (χ2n) is 5.06. The molecule has 1 aliphatic heterocycles. The van der Waals surface area contributed by atoms with Gasteiger partial charge in [-0.1, -0.05) is 0 Å². The van der Waals surface area contributed by atoms with Crippen molar-refractivity contribution in [2.45, 2.75) is 27.3 Å². The van der Waals surface area contributed by atoms with Crippen molar-refractivity contribution in [3.8, 4) is 0 Å². The van der Waals surface area contributed by atoms with Crippen molar-refractivity contribution >= 4 is 6.03 Å². The molecule has 2 amide bonds.